The lowest BCUT2D eigenvalue weighted by molar-refractivity contribution is -0.132. The number of allylic oxidation sites excluding steroid dienone is 2. The number of carbonyl (C=O) groups is 2. The third kappa shape index (κ3) is 1.40. The second kappa shape index (κ2) is 2.49. The fraction of sp³-hybridized carbons (Fsp3) is 0. The highest BCUT2D eigenvalue weighted by molar-refractivity contribution is 6.48. The van der Waals surface area contributed by atoms with Gasteiger partial charge in [0.2, 0.25) is 5.78 Å². The second-order valence-electron chi connectivity index (χ2n) is 2.02. The highest BCUT2D eigenvalue weighted by Crippen LogP contribution is 2.04. The maximum Gasteiger partial charge on any atom is 0.335 e. The Balaban J connectivity index is 2.98. The van der Waals surface area contributed by atoms with Gasteiger partial charge in [-0.15, -0.1) is 0 Å². The summed E-state index contributed by atoms with van der Waals surface area (Å²) in [6, 6.07) is 0. The number of aliphatic carboxylic acids is 1. The third-order valence-corrected chi connectivity index (χ3v) is 1.23. The van der Waals surface area contributed by atoms with Crippen LogP contribution in [0.4, 0.5) is 0 Å². The van der Waals surface area contributed by atoms with Crippen molar-refractivity contribution in [1.82, 2.24) is 0 Å². The van der Waals surface area contributed by atoms with Gasteiger partial charge in [-0.05, 0) is 12.2 Å². The second-order valence-corrected chi connectivity index (χ2v) is 2.02. The number of carboxylic acids is 1. The topological polar surface area (TPSA) is 78.2 Å². The van der Waals surface area contributed by atoms with Gasteiger partial charge in [0.1, 0.15) is 5.71 Å². The molecule has 0 amide bonds. The van der Waals surface area contributed by atoms with E-state index in [0.717, 1.165) is 6.08 Å². The molecule has 1 rings (SSSR count). The van der Waals surface area contributed by atoms with Gasteiger partial charge in [0.25, 0.3) is 0 Å². The van der Waals surface area contributed by atoms with Crippen molar-refractivity contribution in [2.75, 3.05) is 0 Å². The monoisotopic (exact) mass is 151 g/mol. The van der Waals surface area contributed by atoms with Crippen LogP contribution < -0.4 is 0 Å². The van der Waals surface area contributed by atoms with E-state index < -0.39 is 11.8 Å². The molecule has 0 aromatic heterocycles. The summed E-state index contributed by atoms with van der Waals surface area (Å²) in [7, 11) is 0. The molecule has 0 saturated carbocycles. The van der Waals surface area contributed by atoms with E-state index in [4.69, 9.17) is 10.5 Å². The first-order valence-corrected chi connectivity index (χ1v) is 2.87. The molecule has 0 radical (unpaired) electrons. The van der Waals surface area contributed by atoms with Crippen LogP contribution in [-0.2, 0) is 9.59 Å². The zero-order chi connectivity index (χ0) is 8.43. The third-order valence-electron chi connectivity index (χ3n) is 1.23. The molecule has 1 aliphatic carbocycles. The first-order chi connectivity index (χ1) is 5.11. The van der Waals surface area contributed by atoms with E-state index in [-0.39, 0.29) is 11.3 Å². The van der Waals surface area contributed by atoms with Crippen LogP contribution >= 0.6 is 0 Å². The molecule has 1 aliphatic rings. The van der Waals surface area contributed by atoms with Crippen molar-refractivity contribution in [2.45, 2.75) is 0 Å². The standard InChI is InChI=1S/C7H5NO3/c8-5-2-1-4(7(10)11)3-6(5)9/h1-3,8H,(H,10,11). The Bertz CT molecular complexity index is 299. The van der Waals surface area contributed by atoms with Crippen LogP contribution in [0.25, 0.3) is 0 Å². The van der Waals surface area contributed by atoms with Crippen molar-refractivity contribution >= 4 is 17.5 Å². The summed E-state index contributed by atoms with van der Waals surface area (Å²) < 4.78 is 0. The van der Waals surface area contributed by atoms with Crippen LogP contribution in [0, 0.1) is 5.41 Å². The molecule has 0 unspecified atom stereocenters. The summed E-state index contributed by atoms with van der Waals surface area (Å²) in [5, 5.41) is 15.4. The van der Waals surface area contributed by atoms with Crippen molar-refractivity contribution < 1.29 is 14.7 Å². The summed E-state index contributed by atoms with van der Waals surface area (Å²) in [5.74, 6) is -1.72. The number of ketones is 1. The van der Waals surface area contributed by atoms with Crippen LogP contribution in [0.15, 0.2) is 23.8 Å². The van der Waals surface area contributed by atoms with E-state index in [0.29, 0.717) is 0 Å². The summed E-state index contributed by atoms with van der Waals surface area (Å²) in [5.41, 5.74) is -0.263. The van der Waals surface area contributed by atoms with Crippen molar-refractivity contribution in [1.29, 1.82) is 5.41 Å². The number of nitrogens with one attached hydrogen (secondary N) is 1. The number of carbonyl (C=O) groups excluding carboxylic acids is 1. The molecule has 0 saturated heterocycles. The first-order valence-electron chi connectivity index (χ1n) is 2.87. The van der Waals surface area contributed by atoms with Crippen LogP contribution in [0.5, 0.6) is 0 Å². The van der Waals surface area contributed by atoms with Gasteiger partial charge in [-0.2, -0.15) is 0 Å². The molecule has 11 heavy (non-hydrogen) atoms. The zero-order valence-electron chi connectivity index (χ0n) is 5.50. The van der Waals surface area contributed by atoms with Gasteiger partial charge >= 0.3 is 5.97 Å². The van der Waals surface area contributed by atoms with Gasteiger partial charge in [-0.3, -0.25) is 10.2 Å². The Morgan fingerprint density at radius 3 is 2.55 bits per heavy atom. The molecule has 0 heterocycles. The highest BCUT2D eigenvalue weighted by Gasteiger charge is 2.13. The molecule has 0 aliphatic heterocycles. The van der Waals surface area contributed by atoms with E-state index in [9.17, 15) is 9.59 Å². The average molecular weight is 151 g/mol. The van der Waals surface area contributed by atoms with Crippen molar-refractivity contribution in [3.8, 4) is 0 Å². The zero-order valence-corrected chi connectivity index (χ0v) is 5.50. The number of hydrogen-bond acceptors (Lipinski definition) is 3. The summed E-state index contributed by atoms with van der Waals surface area (Å²) in [6.45, 7) is 0. The van der Waals surface area contributed by atoms with Crippen LogP contribution in [-0.4, -0.2) is 22.6 Å². The molecule has 0 bridgehead atoms. The Morgan fingerprint density at radius 2 is 2.09 bits per heavy atom. The minimum atomic E-state index is -1.15. The Hall–Kier alpha value is -1.71. The first kappa shape index (κ1) is 7.40. The van der Waals surface area contributed by atoms with E-state index in [1.54, 1.807) is 0 Å². The van der Waals surface area contributed by atoms with Crippen LogP contribution in [0.2, 0.25) is 0 Å². The molecule has 0 spiro atoms. The van der Waals surface area contributed by atoms with E-state index in [1.165, 1.54) is 12.2 Å². The predicted octanol–water partition coefficient (Wildman–Crippen LogP) is 0.156. The Labute approximate surface area is 62.3 Å². The number of carboxylic acid groups (broad SMARTS) is 1. The summed E-state index contributed by atoms with van der Waals surface area (Å²) in [6.07, 6.45) is 3.34. The van der Waals surface area contributed by atoms with Crippen LogP contribution in [0.3, 0.4) is 0 Å². The fourth-order valence-electron chi connectivity index (χ4n) is 0.655. The number of rotatable bonds is 1. The Kier molecular flexibility index (Phi) is 1.68. The number of hydrogen-bond donors (Lipinski definition) is 2. The molecule has 4 heteroatoms. The molecular weight excluding hydrogens is 146 g/mol. The lowest BCUT2D eigenvalue weighted by atomic mass is 10.1. The maximum absolute atomic E-state index is 10.7. The van der Waals surface area contributed by atoms with Gasteiger partial charge in [-0.1, -0.05) is 0 Å². The van der Waals surface area contributed by atoms with Gasteiger partial charge in [0, 0.05) is 6.08 Å². The van der Waals surface area contributed by atoms with E-state index in [2.05, 4.69) is 0 Å². The highest BCUT2D eigenvalue weighted by atomic mass is 16.4. The van der Waals surface area contributed by atoms with Gasteiger partial charge in [0.05, 0.1) is 5.57 Å². The molecule has 0 atom stereocenters. The summed E-state index contributed by atoms with van der Waals surface area (Å²) >= 11 is 0. The maximum atomic E-state index is 10.7. The predicted molar refractivity (Wildman–Crippen MR) is 37.6 cm³/mol. The minimum absolute atomic E-state index is 0.0778. The molecule has 2 N–H and O–H groups in total. The normalized spacial score (nSPS) is 16.5. The molecule has 0 aromatic carbocycles. The lowest BCUT2D eigenvalue weighted by Crippen LogP contribution is -2.14. The largest absolute Gasteiger partial charge is 0.478 e. The lowest BCUT2D eigenvalue weighted by Gasteiger charge is -2.00. The van der Waals surface area contributed by atoms with Gasteiger partial charge in [-0.25, -0.2) is 4.79 Å². The Morgan fingerprint density at radius 1 is 1.45 bits per heavy atom. The van der Waals surface area contributed by atoms with E-state index in [1.807, 2.05) is 0 Å². The SMILES string of the molecule is N=C1C=CC(C(=O)O)=CC1=O. The average Bonchev–Trinajstić information content (AvgIpc) is 1.94. The van der Waals surface area contributed by atoms with Crippen molar-refractivity contribution in [3.05, 3.63) is 23.8 Å². The minimum Gasteiger partial charge on any atom is -0.478 e. The quantitative estimate of drug-likeness (QED) is 0.524. The van der Waals surface area contributed by atoms with Gasteiger partial charge < -0.3 is 5.11 Å². The molecular formula is C7H5NO3. The smallest absolute Gasteiger partial charge is 0.335 e. The summed E-state index contributed by atoms with van der Waals surface area (Å²) in [4.78, 5) is 21.0. The van der Waals surface area contributed by atoms with Crippen molar-refractivity contribution in [2.24, 2.45) is 0 Å². The van der Waals surface area contributed by atoms with Crippen molar-refractivity contribution in [3.63, 3.8) is 0 Å². The molecule has 56 valence electrons. The molecule has 0 aromatic rings. The van der Waals surface area contributed by atoms with Gasteiger partial charge in [0.15, 0.2) is 0 Å². The molecule has 4 nitrogen and oxygen atoms in total. The molecule has 0 fully saturated rings. The fourth-order valence-corrected chi connectivity index (χ4v) is 0.655. The van der Waals surface area contributed by atoms with E-state index >= 15 is 0 Å². The van der Waals surface area contributed by atoms with Crippen LogP contribution in [0.1, 0.15) is 0 Å².